The first-order valence-electron chi connectivity index (χ1n) is 10.5. The molecule has 5 rings (SSSR count). The van der Waals surface area contributed by atoms with Crippen molar-refractivity contribution in [3.05, 3.63) is 69.2 Å². The zero-order valence-corrected chi connectivity index (χ0v) is 18.1. The van der Waals surface area contributed by atoms with E-state index in [1.807, 2.05) is 64.5 Å². The Hall–Kier alpha value is -2.77. The average molecular weight is 420 g/mol. The van der Waals surface area contributed by atoms with Gasteiger partial charge in [-0.05, 0) is 61.7 Å². The predicted octanol–water partition coefficient (Wildman–Crippen LogP) is 4.17. The monoisotopic (exact) mass is 419 g/mol. The Bertz CT molecular complexity index is 1360. The summed E-state index contributed by atoms with van der Waals surface area (Å²) in [6, 6.07) is 15.5. The first-order chi connectivity index (χ1) is 14.5. The molecule has 0 N–H and O–H groups in total. The fraction of sp³-hybridized carbons (Fsp3) is 0.348. The van der Waals surface area contributed by atoms with Crippen LogP contribution in [0.5, 0.6) is 0 Å². The van der Waals surface area contributed by atoms with Crippen LogP contribution in [-0.4, -0.2) is 36.7 Å². The van der Waals surface area contributed by atoms with E-state index in [1.165, 1.54) is 12.8 Å². The van der Waals surface area contributed by atoms with E-state index < -0.39 is 0 Å². The van der Waals surface area contributed by atoms with E-state index in [2.05, 4.69) is 11.8 Å². The molecule has 0 amide bonds. The lowest BCUT2D eigenvalue weighted by molar-refractivity contribution is 0.146. The molecule has 0 radical (unpaired) electrons. The summed E-state index contributed by atoms with van der Waals surface area (Å²) in [5, 5.41) is 5.49. The van der Waals surface area contributed by atoms with Gasteiger partial charge in [0.1, 0.15) is 0 Å². The second-order valence-corrected chi connectivity index (χ2v) is 8.67. The maximum absolute atomic E-state index is 13.5. The molecule has 4 aromatic rings. The van der Waals surface area contributed by atoms with Crippen molar-refractivity contribution in [3.8, 4) is 5.69 Å². The van der Waals surface area contributed by atoms with Gasteiger partial charge in [0, 0.05) is 13.1 Å². The molecule has 0 atom stereocenters. The molecule has 0 unspecified atom stereocenters. The van der Waals surface area contributed by atoms with Gasteiger partial charge >= 0.3 is 0 Å². The van der Waals surface area contributed by atoms with Crippen LogP contribution in [0.2, 0.25) is 0 Å². The van der Waals surface area contributed by atoms with Gasteiger partial charge < -0.3 is 0 Å². The molecule has 1 fully saturated rings. The summed E-state index contributed by atoms with van der Waals surface area (Å²) >= 11 is 5.85. The lowest BCUT2D eigenvalue weighted by Gasteiger charge is -2.29. The molecule has 0 aliphatic carbocycles. The lowest BCUT2D eigenvalue weighted by Crippen LogP contribution is -2.34. The molecular formula is C23H25N5OS. The van der Waals surface area contributed by atoms with E-state index in [0.29, 0.717) is 22.6 Å². The van der Waals surface area contributed by atoms with Gasteiger partial charge in [0.25, 0.3) is 5.56 Å². The number of hydrogen-bond acceptors (Lipinski definition) is 4. The van der Waals surface area contributed by atoms with E-state index in [1.54, 1.807) is 4.57 Å². The van der Waals surface area contributed by atoms with Gasteiger partial charge in [-0.15, -0.1) is 5.10 Å². The topological polar surface area (TPSA) is 47.5 Å². The first kappa shape index (κ1) is 19.2. The van der Waals surface area contributed by atoms with Crippen molar-refractivity contribution in [2.45, 2.75) is 33.4 Å². The van der Waals surface area contributed by atoms with Crippen molar-refractivity contribution in [3.63, 3.8) is 0 Å². The Balaban J connectivity index is 1.77. The van der Waals surface area contributed by atoms with Crippen molar-refractivity contribution < 1.29 is 0 Å². The molecule has 2 aromatic carbocycles. The number of rotatable bonds is 3. The van der Waals surface area contributed by atoms with Crippen LogP contribution < -0.4 is 5.56 Å². The number of hydrogen-bond donors (Lipinski definition) is 0. The highest BCUT2D eigenvalue weighted by atomic mass is 32.1. The van der Waals surface area contributed by atoms with E-state index >= 15 is 0 Å². The molecule has 1 saturated heterocycles. The maximum atomic E-state index is 13.5. The van der Waals surface area contributed by atoms with Crippen LogP contribution in [0.15, 0.2) is 53.3 Å². The largest absolute Gasteiger partial charge is 0.284 e. The van der Waals surface area contributed by atoms with Crippen molar-refractivity contribution in [2.24, 2.45) is 5.92 Å². The highest BCUT2D eigenvalue weighted by molar-refractivity contribution is 7.71. The van der Waals surface area contributed by atoms with Crippen LogP contribution in [0.4, 0.5) is 0 Å². The smallest absolute Gasteiger partial charge is 0.267 e. The van der Waals surface area contributed by atoms with E-state index in [9.17, 15) is 4.79 Å². The Morgan fingerprint density at radius 2 is 1.77 bits per heavy atom. The van der Waals surface area contributed by atoms with Gasteiger partial charge in [0.15, 0.2) is 0 Å². The second-order valence-electron chi connectivity index (χ2n) is 8.30. The number of para-hydroxylation sites is 2. The molecule has 2 aromatic heterocycles. The maximum Gasteiger partial charge on any atom is 0.267 e. The molecule has 0 bridgehead atoms. The third kappa shape index (κ3) is 3.09. The van der Waals surface area contributed by atoms with Gasteiger partial charge in [-0.2, -0.15) is 0 Å². The summed E-state index contributed by atoms with van der Waals surface area (Å²) < 4.78 is 6.11. The Labute approximate surface area is 180 Å². The molecule has 30 heavy (non-hydrogen) atoms. The zero-order chi connectivity index (χ0) is 20.8. The summed E-state index contributed by atoms with van der Waals surface area (Å²) in [5.74, 6) is 1.33. The molecule has 7 heteroatoms. The Morgan fingerprint density at radius 1 is 1.07 bits per heavy atom. The van der Waals surface area contributed by atoms with Crippen molar-refractivity contribution in [2.75, 3.05) is 13.1 Å². The summed E-state index contributed by atoms with van der Waals surface area (Å²) in [6.07, 6.45) is 2.38. The molecule has 154 valence electrons. The highest BCUT2D eigenvalue weighted by Crippen LogP contribution is 2.21. The molecule has 1 aliphatic heterocycles. The standard InChI is InChI=1S/C23H25N5OS/c1-16-11-13-25(14-12-16)15-26-23(30)28-20-10-6-4-8-18(20)21(29)27(22(28)24-26)19-9-5-3-7-17(19)2/h3-10,16H,11-15H2,1-2H3. The normalized spacial score (nSPS) is 15.9. The van der Waals surface area contributed by atoms with Crippen molar-refractivity contribution >= 4 is 28.9 Å². The van der Waals surface area contributed by atoms with Crippen LogP contribution in [0, 0.1) is 17.6 Å². The van der Waals surface area contributed by atoms with E-state index in [0.717, 1.165) is 35.8 Å². The summed E-state index contributed by atoms with van der Waals surface area (Å²) in [6.45, 7) is 7.04. The molecule has 1 aliphatic rings. The number of likely N-dealkylation sites (tertiary alicyclic amines) is 1. The minimum absolute atomic E-state index is 0.0775. The summed E-state index contributed by atoms with van der Waals surface area (Å²) in [5.41, 5.74) is 2.57. The summed E-state index contributed by atoms with van der Waals surface area (Å²) in [4.78, 5) is 15.9. The van der Waals surface area contributed by atoms with Crippen LogP contribution in [-0.2, 0) is 6.67 Å². The lowest BCUT2D eigenvalue weighted by atomic mass is 10.00. The third-order valence-electron chi connectivity index (χ3n) is 6.17. The predicted molar refractivity (Wildman–Crippen MR) is 122 cm³/mol. The van der Waals surface area contributed by atoms with Gasteiger partial charge in [-0.25, -0.2) is 9.25 Å². The number of aryl methyl sites for hydroxylation is 1. The van der Waals surface area contributed by atoms with Gasteiger partial charge in [0.05, 0.1) is 23.3 Å². The Morgan fingerprint density at radius 3 is 2.53 bits per heavy atom. The Kier molecular flexibility index (Phi) is 4.79. The highest BCUT2D eigenvalue weighted by Gasteiger charge is 2.20. The van der Waals surface area contributed by atoms with Gasteiger partial charge in [-0.3, -0.25) is 14.1 Å². The quantitative estimate of drug-likeness (QED) is 0.468. The number of aromatic nitrogens is 4. The van der Waals surface area contributed by atoms with Crippen LogP contribution in [0.25, 0.3) is 22.4 Å². The summed E-state index contributed by atoms with van der Waals surface area (Å²) in [7, 11) is 0. The fourth-order valence-electron chi connectivity index (χ4n) is 4.33. The average Bonchev–Trinajstić information content (AvgIpc) is 3.07. The van der Waals surface area contributed by atoms with E-state index in [-0.39, 0.29) is 5.56 Å². The minimum atomic E-state index is -0.0775. The number of nitrogens with zero attached hydrogens (tertiary/aromatic N) is 5. The SMILES string of the molecule is Cc1ccccc1-n1c(=O)c2ccccc2n2c(=S)n(CN3CCC(C)CC3)nc12. The molecular weight excluding hydrogens is 394 g/mol. The van der Waals surface area contributed by atoms with Crippen molar-refractivity contribution in [1.29, 1.82) is 0 Å². The third-order valence-corrected chi connectivity index (χ3v) is 6.56. The van der Waals surface area contributed by atoms with Crippen LogP contribution in [0.1, 0.15) is 25.3 Å². The molecule has 0 saturated carbocycles. The van der Waals surface area contributed by atoms with Crippen LogP contribution >= 0.6 is 12.2 Å². The minimum Gasteiger partial charge on any atom is -0.284 e. The van der Waals surface area contributed by atoms with Crippen molar-refractivity contribution in [1.82, 2.24) is 23.6 Å². The zero-order valence-electron chi connectivity index (χ0n) is 17.3. The van der Waals surface area contributed by atoms with Gasteiger partial charge in [-0.1, -0.05) is 37.3 Å². The molecule has 3 heterocycles. The second kappa shape index (κ2) is 7.49. The number of benzene rings is 2. The van der Waals surface area contributed by atoms with E-state index in [4.69, 9.17) is 17.3 Å². The number of piperidine rings is 1. The first-order valence-corrected chi connectivity index (χ1v) is 10.9. The van der Waals surface area contributed by atoms with Crippen LogP contribution in [0.3, 0.4) is 0 Å². The number of fused-ring (bicyclic) bond motifs is 3. The molecule has 0 spiro atoms. The van der Waals surface area contributed by atoms with Gasteiger partial charge in [0.2, 0.25) is 10.5 Å². The molecule has 6 nitrogen and oxygen atoms in total. The fourth-order valence-corrected chi connectivity index (χ4v) is 4.61.